The maximum absolute atomic E-state index is 6.18. The van der Waals surface area contributed by atoms with Crippen molar-refractivity contribution in [1.29, 1.82) is 0 Å². The minimum Gasteiger partial charge on any atom is -0.480 e. The minimum atomic E-state index is -0.109. The number of hydrogen-bond acceptors (Lipinski definition) is 4. The summed E-state index contributed by atoms with van der Waals surface area (Å²) >= 11 is 6.18. The number of aryl methyl sites for hydroxylation is 1. The predicted octanol–water partition coefficient (Wildman–Crippen LogP) is 2.76. The van der Waals surface area contributed by atoms with E-state index in [0.29, 0.717) is 5.88 Å². The molecule has 0 aliphatic carbocycles. The van der Waals surface area contributed by atoms with Gasteiger partial charge in [0.25, 0.3) is 0 Å². The Hall–Kier alpha value is -1.65. The van der Waals surface area contributed by atoms with E-state index in [-0.39, 0.29) is 6.04 Å². The fourth-order valence-corrected chi connectivity index (χ4v) is 2.13. The molecule has 0 amide bonds. The summed E-state index contributed by atoms with van der Waals surface area (Å²) in [6.45, 7) is 1.98. The molecule has 1 aromatic heterocycles. The van der Waals surface area contributed by atoms with Gasteiger partial charge in [0.2, 0.25) is 5.88 Å². The maximum Gasteiger partial charge on any atom is 0.237 e. The summed E-state index contributed by atoms with van der Waals surface area (Å²) in [6, 6.07) is 5.84. The van der Waals surface area contributed by atoms with Crippen molar-refractivity contribution in [3.05, 3.63) is 52.4 Å². The van der Waals surface area contributed by atoms with Crippen LogP contribution in [-0.2, 0) is 0 Å². The molecule has 0 aliphatic heterocycles. The smallest absolute Gasteiger partial charge is 0.237 e. The Morgan fingerprint density at radius 2 is 2.00 bits per heavy atom. The highest BCUT2D eigenvalue weighted by atomic mass is 35.5. The zero-order valence-corrected chi connectivity index (χ0v) is 11.9. The van der Waals surface area contributed by atoms with E-state index >= 15 is 0 Å². The summed E-state index contributed by atoms with van der Waals surface area (Å²) in [5.41, 5.74) is 2.82. The Balaban J connectivity index is 2.46. The lowest BCUT2D eigenvalue weighted by molar-refractivity contribution is 0.384. The van der Waals surface area contributed by atoms with Gasteiger partial charge in [-0.2, -0.15) is 0 Å². The van der Waals surface area contributed by atoms with Gasteiger partial charge < -0.3 is 10.1 Å². The molecule has 1 N–H and O–H groups in total. The summed E-state index contributed by atoms with van der Waals surface area (Å²) in [4.78, 5) is 8.53. The Labute approximate surface area is 117 Å². The van der Waals surface area contributed by atoms with Gasteiger partial charge >= 0.3 is 0 Å². The lowest BCUT2D eigenvalue weighted by Gasteiger charge is -2.18. The van der Waals surface area contributed by atoms with E-state index in [1.54, 1.807) is 19.5 Å². The molecule has 1 atom stereocenters. The molecule has 4 nitrogen and oxygen atoms in total. The van der Waals surface area contributed by atoms with Gasteiger partial charge in [0.1, 0.15) is 5.69 Å². The molecule has 19 heavy (non-hydrogen) atoms. The second kappa shape index (κ2) is 5.99. The van der Waals surface area contributed by atoms with Gasteiger partial charge in [-0.3, -0.25) is 4.98 Å². The number of hydrogen-bond donors (Lipinski definition) is 1. The van der Waals surface area contributed by atoms with E-state index in [1.165, 1.54) is 0 Å². The van der Waals surface area contributed by atoms with E-state index in [4.69, 9.17) is 16.3 Å². The number of aromatic nitrogens is 2. The van der Waals surface area contributed by atoms with Gasteiger partial charge in [-0.05, 0) is 31.2 Å². The maximum atomic E-state index is 6.18. The van der Waals surface area contributed by atoms with E-state index in [2.05, 4.69) is 15.3 Å². The van der Waals surface area contributed by atoms with E-state index in [1.807, 2.05) is 32.2 Å². The van der Waals surface area contributed by atoms with Crippen molar-refractivity contribution in [3.63, 3.8) is 0 Å². The zero-order valence-electron chi connectivity index (χ0n) is 11.1. The van der Waals surface area contributed by atoms with Crippen molar-refractivity contribution in [1.82, 2.24) is 15.3 Å². The van der Waals surface area contributed by atoms with Crippen molar-refractivity contribution in [3.8, 4) is 5.88 Å². The first-order valence-electron chi connectivity index (χ1n) is 5.95. The lowest BCUT2D eigenvalue weighted by Crippen LogP contribution is -2.20. The van der Waals surface area contributed by atoms with E-state index in [0.717, 1.165) is 21.8 Å². The van der Waals surface area contributed by atoms with Crippen LogP contribution in [-0.4, -0.2) is 24.1 Å². The third-order valence-electron chi connectivity index (χ3n) is 2.98. The highest BCUT2D eigenvalue weighted by molar-refractivity contribution is 6.31. The molecular formula is C14H16ClN3O. The standard InChI is InChI=1S/C14H16ClN3O/c1-9-4-5-10(8-11(9)15)12(16-2)13-14(19-3)18-7-6-17-13/h4-8,12,16H,1-3H3. The average molecular weight is 278 g/mol. The molecule has 2 rings (SSSR count). The highest BCUT2D eigenvalue weighted by Gasteiger charge is 2.19. The molecule has 0 saturated heterocycles. The highest BCUT2D eigenvalue weighted by Crippen LogP contribution is 2.28. The summed E-state index contributed by atoms with van der Waals surface area (Å²) in [5.74, 6) is 0.513. The minimum absolute atomic E-state index is 0.109. The second-order valence-corrected chi connectivity index (χ2v) is 4.59. The molecule has 0 radical (unpaired) electrons. The molecule has 0 spiro atoms. The number of benzene rings is 1. The van der Waals surface area contributed by atoms with Crippen molar-refractivity contribution >= 4 is 11.6 Å². The van der Waals surface area contributed by atoms with Gasteiger partial charge in [0, 0.05) is 17.4 Å². The number of halogens is 1. The van der Waals surface area contributed by atoms with Crippen LogP contribution in [0.25, 0.3) is 0 Å². The van der Waals surface area contributed by atoms with Crippen LogP contribution in [0.2, 0.25) is 5.02 Å². The van der Waals surface area contributed by atoms with Crippen molar-refractivity contribution in [2.75, 3.05) is 14.2 Å². The van der Waals surface area contributed by atoms with Crippen LogP contribution < -0.4 is 10.1 Å². The fourth-order valence-electron chi connectivity index (χ4n) is 1.94. The molecule has 0 saturated carbocycles. The quantitative estimate of drug-likeness (QED) is 0.933. The lowest BCUT2D eigenvalue weighted by atomic mass is 10.0. The van der Waals surface area contributed by atoms with Crippen molar-refractivity contribution in [2.24, 2.45) is 0 Å². The monoisotopic (exact) mass is 277 g/mol. The summed E-state index contributed by atoms with van der Waals surface area (Å²) in [7, 11) is 3.45. The molecule has 2 aromatic rings. The number of nitrogens with zero attached hydrogens (tertiary/aromatic N) is 2. The number of methoxy groups -OCH3 is 1. The molecule has 0 fully saturated rings. The molecule has 1 aromatic carbocycles. The SMILES string of the molecule is CNC(c1ccc(C)c(Cl)c1)c1nccnc1OC. The topological polar surface area (TPSA) is 47.0 Å². The fraction of sp³-hybridized carbons (Fsp3) is 0.286. The van der Waals surface area contributed by atoms with Gasteiger partial charge in [0.15, 0.2) is 0 Å². The molecule has 1 unspecified atom stereocenters. The first-order chi connectivity index (χ1) is 9.17. The van der Waals surface area contributed by atoms with Crippen LogP contribution in [0.15, 0.2) is 30.6 Å². The van der Waals surface area contributed by atoms with Gasteiger partial charge in [-0.1, -0.05) is 23.7 Å². The van der Waals surface area contributed by atoms with Crippen LogP contribution >= 0.6 is 11.6 Å². The Kier molecular flexibility index (Phi) is 4.35. The summed E-state index contributed by atoms with van der Waals surface area (Å²) in [6.07, 6.45) is 3.26. The first kappa shape index (κ1) is 13.8. The zero-order chi connectivity index (χ0) is 13.8. The van der Waals surface area contributed by atoms with E-state index < -0.39 is 0 Å². The summed E-state index contributed by atoms with van der Waals surface area (Å²) in [5, 5.41) is 3.95. The van der Waals surface area contributed by atoms with Gasteiger partial charge in [-0.15, -0.1) is 0 Å². The van der Waals surface area contributed by atoms with Gasteiger partial charge in [-0.25, -0.2) is 4.98 Å². The van der Waals surface area contributed by atoms with Crippen molar-refractivity contribution in [2.45, 2.75) is 13.0 Å². The normalized spacial score (nSPS) is 12.2. The summed E-state index contributed by atoms with van der Waals surface area (Å²) < 4.78 is 5.26. The van der Waals surface area contributed by atoms with Crippen molar-refractivity contribution < 1.29 is 4.74 Å². The second-order valence-electron chi connectivity index (χ2n) is 4.18. The number of ether oxygens (including phenoxy) is 1. The van der Waals surface area contributed by atoms with Crippen LogP contribution in [0, 0.1) is 6.92 Å². The molecule has 5 heteroatoms. The molecule has 1 heterocycles. The number of nitrogens with one attached hydrogen (secondary N) is 1. The largest absolute Gasteiger partial charge is 0.480 e. The number of rotatable bonds is 4. The molecule has 0 bridgehead atoms. The third kappa shape index (κ3) is 2.85. The molecule has 0 aliphatic rings. The van der Waals surface area contributed by atoms with Crippen LogP contribution in [0.5, 0.6) is 5.88 Å². The van der Waals surface area contributed by atoms with Crippen LogP contribution in [0.4, 0.5) is 0 Å². The Morgan fingerprint density at radius 3 is 2.63 bits per heavy atom. The average Bonchev–Trinajstić information content (AvgIpc) is 2.44. The Morgan fingerprint density at radius 1 is 1.26 bits per heavy atom. The van der Waals surface area contributed by atoms with Crippen LogP contribution in [0.3, 0.4) is 0 Å². The molecule has 100 valence electrons. The predicted molar refractivity (Wildman–Crippen MR) is 75.7 cm³/mol. The third-order valence-corrected chi connectivity index (χ3v) is 3.38. The van der Waals surface area contributed by atoms with Gasteiger partial charge in [0.05, 0.1) is 13.2 Å². The van der Waals surface area contributed by atoms with E-state index in [9.17, 15) is 0 Å². The Bertz CT molecular complexity index is 574. The first-order valence-corrected chi connectivity index (χ1v) is 6.33. The van der Waals surface area contributed by atoms with Crippen LogP contribution in [0.1, 0.15) is 22.9 Å². The molecular weight excluding hydrogens is 262 g/mol.